The Morgan fingerprint density at radius 2 is 2.07 bits per heavy atom. The van der Waals surface area contributed by atoms with Gasteiger partial charge >= 0.3 is 0 Å². The number of rotatable bonds is 5. The molecule has 1 heterocycles. The fourth-order valence-corrected chi connectivity index (χ4v) is 4.29. The Bertz CT molecular complexity index is 1110. The molecule has 0 saturated heterocycles. The van der Waals surface area contributed by atoms with Gasteiger partial charge in [-0.25, -0.2) is 12.8 Å². The third-order valence-corrected chi connectivity index (χ3v) is 6.43. The number of aryl methyl sites for hydroxylation is 1. The molecule has 0 spiro atoms. The molecule has 2 aromatic rings. The first-order valence-corrected chi connectivity index (χ1v) is 10.2. The largest absolute Gasteiger partial charge is 0.482 e. The van der Waals surface area contributed by atoms with E-state index in [1.54, 1.807) is 6.92 Å². The number of carbonyl (C=O) groups is 2. The molecule has 29 heavy (non-hydrogen) atoms. The molecule has 2 N–H and O–H groups in total. The van der Waals surface area contributed by atoms with Crippen molar-refractivity contribution in [2.45, 2.75) is 11.8 Å². The van der Waals surface area contributed by atoms with Gasteiger partial charge in [0.05, 0.1) is 27.8 Å². The summed E-state index contributed by atoms with van der Waals surface area (Å²) < 4.78 is 45.1. The summed E-state index contributed by atoms with van der Waals surface area (Å²) in [6, 6.07) is 6.24. The fourth-order valence-electron chi connectivity index (χ4n) is 2.73. The highest BCUT2D eigenvalue weighted by Crippen LogP contribution is 2.33. The monoisotopic (exact) mass is 441 g/mol. The van der Waals surface area contributed by atoms with Gasteiger partial charge in [0.1, 0.15) is 11.6 Å². The SMILES string of the molecule is Cc1cc2c(cc1S(=O)(=O)N(C)CC(=O)Nc1ccc(F)cc1Cl)OCC(=O)N2. The van der Waals surface area contributed by atoms with Crippen molar-refractivity contribution < 1.29 is 27.1 Å². The number of hydrogen-bond acceptors (Lipinski definition) is 5. The molecule has 0 aliphatic carbocycles. The zero-order chi connectivity index (χ0) is 21.3. The van der Waals surface area contributed by atoms with Crippen LogP contribution in [0.3, 0.4) is 0 Å². The van der Waals surface area contributed by atoms with Crippen molar-refractivity contribution in [3.8, 4) is 5.75 Å². The molecule has 11 heteroatoms. The van der Waals surface area contributed by atoms with E-state index in [2.05, 4.69) is 10.6 Å². The summed E-state index contributed by atoms with van der Waals surface area (Å²) in [6.45, 7) is 0.858. The van der Waals surface area contributed by atoms with Crippen molar-refractivity contribution in [3.05, 3.63) is 46.7 Å². The number of nitrogens with zero attached hydrogens (tertiary/aromatic N) is 1. The van der Waals surface area contributed by atoms with E-state index in [9.17, 15) is 22.4 Å². The summed E-state index contributed by atoms with van der Waals surface area (Å²) in [6.07, 6.45) is 0. The predicted molar refractivity (Wildman–Crippen MR) is 105 cm³/mol. The Balaban J connectivity index is 1.78. The molecule has 0 atom stereocenters. The van der Waals surface area contributed by atoms with Crippen molar-refractivity contribution in [2.75, 3.05) is 30.8 Å². The average Bonchev–Trinajstić information content (AvgIpc) is 2.63. The highest BCUT2D eigenvalue weighted by molar-refractivity contribution is 7.89. The molecule has 0 fully saturated rings. The lowest BCUT2D eigenvalue weighted by Crippen LogP contribution is -2.35. The lowest BCUT2D eigenvalue weighted by molar-refractivity contribution is -0.118. The van der Waals surface area contributed by atoms with E-state index >= 15 is 0 Å². The zero-order valence-corrected chi connectivity index (χ0v) is 17.0. The summed E-state index contributed by atoms with van der Waals surface area (Å²) in [4.78, 5) is 23.6. The topological polar surface area (TPSA) is 105 Å². The van der Waals surface area contributed by atoms with Crippen LogP contribution in [0.4, 0.5) is 15.8 Å². The van der Waals surface area contributed by atoms with Gasteiger partial charge in [0.15, 0.2) is 6.61 Å². The fraction of sp³-hybridized carbons (Fsp3) is 0.222. The van der Waals surface area contributed by atoms with Crippen LogP contribution in [0.15, 0.2) is 35.2 Å². The van der Waals surface area contributed by atoms with E-state index in [1.807, 2.05) is 0 Å². The number of nitrogens with one attached hydrogen (secondary N) is 2. The third kappa shape index (κ3) is 4.50. The van der Waals surface area contributed by atoms with Crippen LogP contribution < -0.4 is 15.4 Å². The minimum atomic E-state index is -4.03. The van der Waals surface area contributed by atoms with E-state index in [4.69, 9.17) is 16.3 Å². The van der Waals surface area contributed by atoms with E-state index in [-0.39, 0.29) is 33.9 Å². The minimum absolute atomic E-state index is 0.00594. The van der Waals surface area contributed by atoms with E-state index in [1.165, 1.54) is 25.2 Å². The first kappa shape index (κ1) is 21.0. The quantitative estimate of drug-likeness (QED) is 0.741. The van der Waals surface area contributed by atoms with Crippen molar-refractivity contribution in [1.82, 2.24) is 4.31 Å². The number of hydrogen-bond donors (Lipinski definition) is 2. The molecule has 0 radical (unpaired) electrons. The van der Waals surface area contributed by atoms with Gasteiger partial charge in [-0.3, -0.25) is 9.59 Å². The molecule has 0 saturated carbocycles. The van der Waals surface area contributed by atoms with Crippen LogP contribution >= 0.6 is 11.6 Å². The summed E-state index contributed by atoms with van der Waals surface area (Å²) in [5, 5.41) is 5.04. The molecule has 3 rings (SSSR count). The van der Waals surface area contributed by atoms with Gasteiger partial charge in [-0.1, -0.05) is 11.6 Å². The number of halogens is 2. The second kappa shape index (κ2) is 7.97. The molecule has 154 valence electrons. The van der Waals surface area contributed by atoms with Gasteiger partial charge in [-0.15, -0.1) is 0 Å². The lowest BCUT2D eigenvalue weighted by Gasteiger charge is -2.22. The number of ether oxygens (including phenoxy) is 1. The summed E-state index contributed by atoms with van der Waals surface area (Å²) in [5.74, 6) is -1.32. The summed E-state index contributed by atoms with van der Waals surface area (Å²) in [5.41, 5.74) is 0.922. The van der Waals surface area contributed by atoms with Crippen molar-refractivity contribution >= 4 is 44.8 Å². The van der Waals surface area contributed by atoms with Crippen molar-refractivity contribution in [3.63, 3.8) is 0 Å². The van der Waals surface area contributed by atoms with Gasteiger partial charge in [-0.2, -0.15) is 4.31 Å². The van der Waals surface area contributed by atoms with Crippen LogP contribution in [0.1, 0.15) is 5.56 Å². The van der Waals surface area contributed by atoms with E-state index in [0.29, 0.717) is 11.3 Å². The third-order valence-electron chi connectivity index (χ3n) is 4.17. The van der Waals surface area contributed by atoms with E-state index in [0.717, 1.165) is 16.4 Å². The maximum absolute atomic E-state index is 13.1. The zero-order valence-electron chi connectivity index (χ0n) is 15.5. The number of anilines is 2. The number of carbonyl (C=O) groups excluding carboxylic acids is 2. The van der Waals surface area contributed by atoms with Gasteiger partial charge in [0.2, 0.25) is 15.9 Å². The van der Waals surface area contributed by atoms with Crippen LogP contribution in [0.25, 0.3) is 0 Å². The number of benzene rings is 2. The lowest BCUT2D eigenvalue weighted by atomic mass is 10.2. The Morgan fingerprint density at radius 1 is 1.34 bits per heavy atom. The first-order chi connectivity index (χ1) is 13.6. The predicted octanol–water partition coefficient (Wildman–Crippen LogP) is 2.38. The smallest absolute Gasteiger partial charge is 0.262 e. The number of amides is 2. The Morgan fingerprint density at radius 3 is 2.76 bits per heavy atom. The van der Waals surface area contributed by atoms with Gasteiger partial charge in [0, 0.05) is 13.1 Å². The Kier molecular flexibility index (Phi) is 5.78. The van der Waals surface area contributed by atoms with Crippen molar-refractivity contribution in [1.29, 1.82) is 0 Å². The maximum Gasteiger partial charge on any atom is 0.262 e. The molecular formula is C18H17ClFN3O5S. The molecule has 0 aromatic heterocycles. The molecule has 1 aliphatic rings. The van der Waals surface area contributed by atoms with Crippen LogP contribution in [0.2, 0.25) is 5.02 Å². The van der Waals surface area contributed by atoms with Crippen LogP contribution in [0.5, 0.6) is 5.75 Å². The number of fused-ring (bicyclic) bond motifs is 1. The summed E-state index contributed by atoms with van der Waals surface area (Å²) >= 11 is 5.86. The second-order valence-electron chi connectivity index (χ2n) is 6.38. The van der Waals surface area contributed by atoms with Gasteiger partial charge in [-0.05, 0) is 36.8 Å². The molecule has 2 amide bonds. The highest BCUT2D eigenvalue weighted by atomic mass is 35.5. The van der Waals surface area contributed by atoms with Crippen LogP contribution in [0, 0.1) is 12.7 Å². The molecule has 0 unspecified atom stereocenters. The molecular weight excluding hydrogens is 425 g/mol. The standard InChI is InChI=1S/C18H17ClFN3O5S/c1-10-5-14-15(28-9-18(25)22-14)7-16(10)29(26,27)23(2)8-17(24)21-13-4-3-11(20)6-12(13)19/h3-7H,8-9H2,1-2H3,(H,21,24)(H,22,25). The molecule has 1 aliphatic heterocycles. The van der Waals surface area contributed by atoms with Crippen LogP contribution in [-0.2, 0) is 19.6 Å². The minimum Gasteiger partial charge on any atom is -0.482 e. The molecule has 8 nitrogen and oxygen atoms in total. The van der Waals surface area contributed by atoms with Crippen molar-refractivity contribution in [2.24, 2.45) is 0 Å². The van der Waals surface area contributed by atoms with Gasteiger partial charge in [0.25, 0.3) is 5.91 Å². The Labute approximate surface area is 171 Å². The van der Waals surface area contributed by atoms with Crippen LogP contribution in [-0.4, -0.2) is 44.7 Å². The molecule has 2 aromatic carbocycles. The van der Waals surface area contributed by atoms with Gasteiger partial charge < -0.3 is 15.4 Å². The second-order valence-corrected chi connectivity index (χ2v) is 8.80. The average molecular weight is 442 g/mol. The first-order valence-electron chi connectivity index (χ1n) is 8.36. The summed E-state index contributed by atoms with van der Waals surface area (Å²) in [7, 11) is -2.78. The molecule has 0 bridgehead atoms. The normalized spacial score (nSPS) is 13.5. The Hall–Kier alpha value is -2.69. The van der Waals surface area contributed by atoms with E-state index < -0.39 is 28.3 Å². The maximum atomic E-state index is 13.1. The number of sulfonamides is 1. The number of likely N-dealkylation sites (N-methyl/N-ethyl adjacent to an activating group) is 1. The highest BCUT2D eigenvalue weighted by Gasteiger charge is 2.28.